The topological polar surface area (TPSA) is 243 Å². The molecule has 0 radical (unpaired) electrons. The molecule has 3 aliphatic rings. The van der Waals surface area contributed by atoms with Crippen LogP contribution in [-0.2, 0) is 36.9 Å². The first-order chi connectivity index (χ1) is 26.2. The summed E-state index contributed by atoms with van der Waals surface area (Å²) in [5.41, 5.74) is 9.28. The van der Waals surface area contributed by atoms with Crippen molar-refractivity contribution >= 4 is 52.4 Å². The fraction of sp³-hybridized carbons (Fsp3) is 0.500. The lowest BCUT2D eigenvalue weighted by Gasteiger charge is -2.37. The Morgan fingerprint density at radius 3 is 2.45 bits per heavy atom. The number of pyridine rings is 1. The number of nitrogens with zero attached hydrogens (tertiary/aromatic N) is 2. The zero-order valence-corrected chi connectivity index (χ0v) is 31.8. The van der Waals surface area contributed by atoms with E-state index >= 15 is 0 Å². The number of aryl methyl sites for hydroxylation is 1. The first-order valence-electron chi connectivity index (χ1n) is 18.6. The highest BCUT2D eigenvalue weighted by Gasteiger charge is 2.47. The number of esters is 1. The standard InChI is InChI=1S/C38H50N8O9/c1-6-24-25-15-23(10-11-28(25)44-32-26(24)18-46-17-22-19-54-35(50)38(53,7-2)27(22)16-30(32)46)55-37(52)42-14-13-40-33(48)29(9-8-12-41-36(39)51)45-34(49)31(20(3)4)43-21(5)47/h10-11,15-16,20,29,31,53H,6-9,12-14,17-19H2,1-5H3,(H,40,48)(H,42,52)(H,43,47)(H,45,49)(H3,39,41,51)/t29-,31-,38?/m0/s1. The smallest absolute Gasteiger partial charge is 0.412 e. The van der Waals surface area contributed by atoms with Crippen molar-refractivity contribution in [1.29, 1.82) is 0 Å². The third-order valence-electron chi connectivity index (χ3n) is 9.99. The van der Waals surface area contributed by atoms with Crippen molar-refractivity contribution < 1.29 is 43.3 Å². The van der Waals surface area contributed by atoms with E-state index in [1.165, 1.54) is 6.92 Å². The number of nitrogens with two attached hydrogens (primary N) is 1. The third-order valence-corrected chi connectivity index (χ3v) is 9.99. The quantitative estimate of drug-likeness (QED) is 0.101. The van der Waals surface area contributed by atoms with E-state index in [-0.39, 0.29) is 50.9 Å². The van der Waals surface area contributed by atoms with E-state index in [2.05, 4.69) is 31.5 Å². The highest BCUT2D eigenvalue weighted by atomic mass is 16.6. The Morgan fingerprint density at radius 1 is 1.04 bits per heavy atom. The van der Waals surface area contributed by atoms with Crippen LogP contribution in [0.1, 0.15) is 70.7 Å². The van der Waals surface area contributed by atoms with Gasteiger partial charge in [0.05, 0.1) is 16.9 Å². The number of carbonyl (C=O) groups excluding carboxylic acids is 6. The summed E-state index contributed by atoms with van der Waals surface area (Å²) in [4.78, 5) is 81.3. The number of hydrogen-bond acceptors (Lipinski definition) is 11. The molecule has 0 saturated carbocycles. The molecular weight excluding hydrogens is 712 g/mol. The first kappa shape index (κ1) is 40.5. The Bertz CT molecular complexity index is 1940. The summed E-state index contributed by atoms with van der Waals surface area (Å²) in [5, 5.41) is 25.1. The van der Waals surface area contributed by atoms with Crippen LogP contribution in [0.25, 0.3) is 16.6 Å². The molecule has 4 heterocycles. The second-order valence-corrected chi connectivity index (χ2v) is 14.2. The molecule has 17 nitrogen and oxygen atoms in total. The van der Waals surface area contributed by atoms with E-state index in [1.807, 2.05) is 13.0 Å². The Labute approximate surface area is 318 Å². The number of amides is 6. The highest BCUT2D eigenvalue weighted by molar-refractivity contribution is 5.93. The van der Waals surface area contributed by atoms with E-state index in [0.29, 0.717) is 42.8 Å². The summed E-state index contributed by atoms with van der Waals surface area (Å²) in [5.74, 6) is -2.02. The Hall–Kier alpha value is -5.71. The molecule has 0 bridgehead atoms. The lowest BCUT2D eigenvalue weighted by molar-refractivity contribution is -0.163. The van der Waals surface area contributed by atoms with Crippen LogP contribution in [0.3, 0.4) is 0 Å². The van der Waals surface area contributed by atoms with Crippen LogP contribution in [0.5, 0.6) is 5.75 Å². The van der Waals surface area contributed by atoms with Crippen molar-refractivity contribution in [3.05, 3.63) is 52.2 Å². The molecule has 0 aliphatic carbocycles. The van der Waals surface area contributed by atoms with Crippen LogP contribution in [0.15, 0.2) is 35.4 Å². The number of fused-ring (bicyclic) bond motifs is 4. The molecule has 8 N–H and O–H groups in total. The maximum atomic E-state index is 13.1. The van der Waals surface area contributed by atoms with Gasteiger partial charge in [-0.25, -0.2) is 19.4 Å². The minimum absolute atomic E-state index is 0.0184. The minimum atomic E-state index is -1.70. The van der Waals surface area contributed by atoms with Crippen molar-refractivity contribution in [2.75, 3.05) is 32.8 Å². The molecule has 6 amide bonds. The summed E-state index contributed by atoms with van der Waals surface area (Å²) in [6, 6.07) is 2.63. The predicted molar refractivity (Wildman–Crippen MR) is 201 cm³/mol. The highest BCUT2D eigenvalue weighted by Crippen LogP contribution is 2.44. The molecule has 1 aromatic heterocycles. The Balaban J connectivity index is 1.21. The lowest BCUT2D eigenvalue weighted by Crippen LogP contribution is -2.55. The summed E-state index contributed by atoms with van der Waals surface area (Å²) >= 11 is 0. The number of aromatic nitrogens is 1. The maximum absolute atomic E-state index is 13.1. The van der Waals surface area contributed by atoms with E-state index in [1.54, 1.807) is 39.0 Å². The largest absolute Gasteiger partial charge is 0.459 e. The van der Waals surface area contributed by atoms with E-state index in [4.69, 9.17) is 20.2 Å². The van der Waals surface area contributed by atoms with Gasteiger partial charge in [0.15, 0.2) is 5.60 Å². The van der Waals surface area contributed by atoms with Gasteiger partial charge in [-0.2, -0.15) is 0 Å². The van der Waals surface area contributed by atoms with E-state index in [0.717, 1.165) is 33.5 Å². The molecule has 0 fully saturated rings. The molecule has 296 valence electrons. The van der Waals surface area contributed by atoms with Gasteiger partial charge in [0.2, 0.25) is 17.7 Å². The number of carbonyl (C=O) groups is 6. The van der Waals surface area contributed by atoms with Crippen molar-refractivity contribution in [3.8, 4) is 5.75 Å². The maximum Gasteiger partial charge on any atom is 0.412 e. The number of ether oxygens (including phenoxy) is 2. The summed E-state index contributed by atoms with van der Waals surface area (Å²) in [7, 11) is 0. The van der Waals surface area contributed by atoms with Gasteiger partial charge in [0.25, 0.3) is 0 Å². The molecule has 17 heteroatoms. The minimum Gasteiger partial charge on any atom is -0.459 e. The van der Waals surface area contributed by atoms with Crippen LogP contribution in [0.4, 0.5) is 9.59 Å². The average molecular weight is 763 g/mol. The summed E-state index contributed by atoms with van der Waals surface area (Å²) < 4.78 is 10.9. The van der Waals surface area contributed by atoms with Crippen molar-refractivity contribution in [1.82, 2.24) is 36.5 Å². The SMILES string of the molecule is CCc1c2c(nc3ccc(OC(=O)NCCNC(=O)[C@H](CCCNC(N)=O)NC(=O)[C@@H](NC(C)=O)C(C)C)cc13)C1=CC3=C(COC(=O)C3(O)CC)CN1C2. The van der Waals surface area contributed by atoms with Gasteiger partial charge < -0.3 is 51.8 Å². The molecular formula is C38H50N8O9. The number of benzene rings is 1. The molecule has 1 unspecified atom stereocenters. The first-order valence-corrected chi connectivity index (χ1v) is 18.6. The number of primary amides is 1. The van der Waals surface area contributed by atoms with Crippen LogP contribution >= 0.6 is 0 Å². The number of hydrogen-bond donors (Lipinski definition) is 7. The molecule has 0 saturated heterocycles. The van der Waals surface area contributed by atoms with Gasteiger partial charge in [0.1, 0.15) is 24.4 Å². The van der Waals surface area contributed by atoms with Crippen LogP contribution in [0.2, 0.25) is 0 Å². The number of aliphatic hydroxyl groups is 1. The van der Waals surface area contributed by atoms with Gasteiger partial charge in [-0.3, -0.25) is 14.4 Å². The van der Waals surface area contributed by atoms with E-state index < -0.39 is 47.6 Å². The Kier molecular flexibility index (Phi) is 12.6. The third kappa shape index (κ3) is 8.99. The second-order valence-electron chi connectivity index (χ2n) is 14.2. The van der Waals surface area contributed by atoms with Gasteiger partial charge in [0, 0.05) is 56.2 Å². The van der Waals surface area contributed by atoms with Crippen molar-refractivity contribution in [3.63, 3.8) is 0 Å². The number of urea groups is 1. The number of cyclic esters (lactones) is 1. The van der Waals surface area contributed by atoms with Crippen LogP contribution in [-0.4, -0.2) is 101 Å². The fourth-order valence-electron chi connectivity index (χ4n) is 7.15. The molecule has 3 atom stereocenters. The number of rotatable bonds is 15. The molecule has 2 aromatic rings. The summed E-state index contributed by atoms with van der Waals surface area (Å²) in [6.07, 6.45) is 2.51. The molecule has 3 aliphatic heterocycles. The molecule has 1 aromatic carbocycles. The summed E-state index contributed by atoms with van der Waals surface area (Å²) in [6.45, 7) is 10.1. The van der Waals surface area contributed by atoms with Crippen molar-refractivity contribution in [2.24, 2.45) is 11.7 Å². The molecule has 55 heavy (non-hydrogen) atoms. The average Bonchev–Trinajstić information content (AvgIpc) is 3.49. The zero-order valence-electron chi connectivity index (χ0n) is 31.8. The normalized spacial score (nSPS) is 18.3. The molecule has 0 spiro atoms. The van der Waals surface area contributed by atoms with Gasteiger partial charge >= 0.3 is 18.1 Å². The zero-order chi connectivity index (χ0) is 40.0. The van der Waals surface area contributed by atoms with Gasteiger partial charge in [-0.1, -0.05) is 27.7 Å². The van der Waals surface area contributed by atoms with Gasteiger partial charge in [-0.15, -0.1) is 0 Å². The fourth-order valence-corrected chi connectivity index (χ4v) is 7.15. The Morgan fingerprint density at radius 2 is 1.78 bits per heavy atom. The molecule has 5 rings (SSSR count). The monoisotopic (exact) mass is 762 g/mol. The second kappa shape index (κ2) is 17.2. The van der Waals surface area contributed by atoms with E-state index in [9.17, 15) is 33.9 Å². The lowest BCUT2D eigenvalue weighted by atomic mass is 9.83. The van der Waals surface area contributed by atoms with Crippen LogP contribution in [0, 0.1) is 5.92 Å². The predicted octanol–water partition coefficient (Wildman–Crippen LogP) is 1.26. The van der Waals surface area contributed by atoms with Gasteiger partial charge in [-0.05, 0) is 67.0 Å². The van der Waals surface area contributed by atoms with Crippen molar-refractivity contribution in [2.45, 2.75) is 84.5 Å². The number of nitrogens with one attached hydrogen (secondary N) is 5. The van der Waals surface area contributed by atoms with Crippen LogP contribution < -0.4 is 37.1 Å².